The summed E-state index contributed by atoms with van der Waals surface area (Å²) >= 11 is 14.9. The van der Waals surface area contributed by atoms with Crippen molar-refractivity contribution in [1.29, 1.82) is 0 Å². The molecule has 0 unspecified atom stereocenters. The van der Waals surface area contributed by atoms with Gasteiger partial charge in [-0.25, -0.2) is 4.79 Å². The fourth-order valence-corrected chi connectivity index (χ4v) is 2.71. The number of carbonyl (C=O) groups is 2. The van der Waals surface area contributed by atoms with Crippen LogP contribution in [0, 0.1) is 0 Å². The molecule has 21 heavy (non-hydrogen) atoms. The predicted molar refractivity (Wildman–Crippen MR) is 85.5 cm³/mol. The standard InChI is InChI=1S/C14H8BrCl2NO3/c15-8-3-7(4-10(17)5-8)13(19)18-12-2-1-9(16)6-11(12)14(20)21/h1-6H,(H,18,19)(H,20,21). The quantitative estimate of drug-likeness (QED) is 0.800. The van der Waals surface area contributed by atoms with Crippen LogP contribution in [0.25, 0.3) is 0 Å². The van der Waals surface area contributed by atoms with Crippen LogP contribution < -0.4 is 5.32 Å². The molecule has 1 amide bonds. The van der Waals surface area contributed by atoms with Crippen LogP contribution in [0.1, 0.15) is 20.7 Å². The Morgan fingerprint density at radius 1 is 1.05 bits per heavy atom. The van der Waals surface area contributed by atoms with Gasteiger partial charge in [0.2, 0.25) is 0 Å². The lowest BCUT2D eigenvalue weighted by atomic mass is 10.1. The first kappa shape index (κ1) is 15.8. The van der Waals surface area contributed by atoms with E-state index in [1.54, 1.807) is 12.1 Å². The van der Waals surface area contributed by atoms with Crippen molar-refractivity contribution in [2.24, 2.45) is 0 Å². The predicted octanol–water partition coefficient (Wildman–Crippen LogP) is 4.71. The van der Waals surface area contributed by atoms with E-state index in [1.807, 2.05) is 0 Å². The minimum Gasteiger partial charge on any atom is -0.478 e. The number of anilines is 1. The third-order valence-corrected chi connectivity index (χ3v) is 3.50. The number of aromatic carboxylic acids is 1. The molecule has 0 fully saturated rings. The number of rotatable bonds is 3. The molecule has 0 bridgehead atoms. The zero-order valence-corrected chi connectivity index (χ0v) is 13.5. The maximum absolute atomic E-state index is 12.2. The van der Waals surface area contributed by atoms with Gasteiger partial charge in [-0.3, -0.25) is 4.79 Å². The Labute approximate surface area is 138 Å². The van der Waals surface area contributed by atoms with E-state index < -0.39 is 11.9 Å². The minimum atomic E-state index is -1.18. The molecule has 108 valence electrons. The summed E-state index contributed by atoms with van der Waals surface area (Å²) in [5, 5.41) is 12.3. The normalized spacial score (nSPS) is 10.2. The zero-order chi connectivity index (χ0) is 15.6. The van der Waals surface area contributed by atoms with E-state index in [0.29, 0.717) is 15.1 Å². The molecule has 0 aliphatic carbocycles. The Morgan fingerprint density at radius 3 is 2.38 bits per heavy atom. The monoisotopic (exact) mass is 387 g/mol. The Hall–Kier alpha value is -1.56. The number of carboxylic acids is 1. The summed E-state index contributed by atoms with van der Waals surface area (Å²) in [6.45, 7) is 0. The SMILES string of the molecule is O=C(Nc1ccc(Cl)cc1C(=O)O)c1cc(Cl)cc(Br)c1. The molecule has 0 atom stereocenters. The van der Waals surface area contributed by atoms with E-state index in [-0.39, 0.29) is 16.3 Å². The molecule has 2 aromatic carbocycles. The lowest BCUT2D eigenvalue weighted by Gasteiger charge is -2.09. The van der Waals surface area contributed by atoms with Gasteiger partial charge >= 0.3 is 5.97 Å². The van der Waals surface area contributed by atoms with Gasteiger partial charge in [0.05, 0.1) is 11.3 Å². The Balaban J connectivity index is 2.33. The Kier molecular flexibility index (Phi) is 4.88. The third-order valence-electron chi connectivity index (χ3n) is 2.58. The van der Waals surface area contributed by atoms with Crippen molar-refractivity contribution in [1.82, 2.24) is 0 Å². The number of carbonyl (C=O) groups excluding carboxylic acids is 1. The lowest BCUT2D eigenvalue weighted by molar-refractivity contribution is 0.0698. The second-order valence-corrected chi connectivity index (χ2v) is 5.90. The summed E-state index contributed by atoms with van der Waals surface area (Å²) < 4.78 is 0.648. The number of hydrogen-bond acceptors (Lipinski definition) is 2. The summed E-state index contributed by atoms with van der Waals surface area (Å²) in [5.41, 5.74) is 0.380. The first-order valence-corrected chi connectivity index (χ1v) is 7.22. The van der Waals surface area contributed by atoms with E-state index in [2.05, 4.69) is 21.2 Å². The highest BCUT2D eigenvalue weighted by molar-refractivity contribution is 9.10. The topological polar surface area (TPSA) is 66.4 Å². The average molecular weight is 389 g/mol. The summed E-state index contributed by atoms with van der Waals surface area (Å²) in [7, 11) is 0. The minimum absolute atomic E-state index is 0.0862. The van der Waals surface area contributed by atoms with Gasteiger partial charge in [0.15, 0.2) is 0 Å². The lowest BCUT2D eigenvalue weighted by Crippen LogP contribution is -2.14. The molecule has 0 saturated heterocycles. The van der Waals surface area contributed by atoms with Gasteiger partial charge in [-0.2, -0.15) is 0 Å². The van der Waals surface area contributed by atoms with E-state index in [0.717, 1.165) is 0 Å². The van der Waals surface area contributed by atoms with Crippen LogP contribution in [0.3, 0.4) is 0 Å². The first-order valence-electron chi connectivity index (χ1n) is 5.67. The van der Waals surface area contributed by atoms with Crippen LogP contribution in [0.15, 0.2) is 40.9 Å². The fourth-order valence-electron chi connectivity index (χ4n) is 1.68. The highest BCUT2D eigenvalue weighted by Crippen LogP contribution is 2.23. The zero-order valence-electron chi connectivity index (χ0n) is 10.4. The second kappa shape index (κ2) is 6.47. The molecule has 2 rings (SSSR count). The van der Waals surface area contributed by atoms with Crippen molar-refractivity contribution in [2.45, 2.75) is 0 Å². The highest BCUT2D eigenvalue weighted by atomic mass is 79.9. The van der Waals surface area contributed by atoms with Crippen molar-refractivity contribution in [3.63, 3.8) is 0 Å². The summed E-state index contributed by atoms with van der Waals surface area (Å²) in [5.74, 6) is -1.65. The molecule has 0 aromatic heterocycles. The third kappa shape index (κ3) is 3.97. The van der Waals surface area contributed by atoms with Gasteiger partial charge in [0, 0.05) is 20.1 Å². The molecular formula is C14H8BrCl2NO3. The van der Waals surface area contributed by atoms with E-state index in [9.17, 15) is 9.59 Å². The number of nitrogens with one attached hydrogen (secondary N) is 1. The van der Waals surface area contributed by atoms with E-state index >= 15 is 0 Å². The van der Waals surface area contributed by atoms with E-state index in [4.69, 9.17) is 28.3 Å². The smallest absolute Gasteiger partial charge is 0.337 e. The number of hydrogen-bond donors (Lipinski definition) is 2. The van der Waals surface area contributed by atoms with Gasteiger partial charge in [-0.15, -0.1) is 0 Å². The van der Waals surface area contributed by atoms with E-state index in [1.165, 1.54) is 24.3 Å². The van der Waals surface area contributed by atoms with Crippen LogP contribution in [0.5, 0.6) is 0 Å². The second-order valence-electron chi connectivity index (χ2n) is 4.11. The maximum atomic E-state index is 12.2. The van der Waals surface area contributed by atoms with Crippen LogP contribution >= 0.6 is 39.1 Å². The first-order chi connectivity index (χ1) is 9.86. The molecule has 4 nitrogen and oxygen atoms in total. The largest absolute Gasteiger partial charge is 0.478 e. The van der Waals surface area contributed by atoms with Crippen molar-refractivity contribution in [2.75, 3.05) is 5.32 Å². The van der Waals surface area contributed by atoms with Crippen LogP contribution in [-0.2, 0) is 0 Å². The number of carboxylic acid groups (broad SMARTS) is 1. The molecule has 0 aliphatic rings. The molecule has 0 radical (unpaired) electrons. The summed E-state index contributed by atoms with van der Waals surface area (Å²) in [6.07, 6.45) is 0. The number of benzene rings is 2. The van der Waals surface area contributed by atoms with Crippen LogP contribution in [-0.4, -0.2) is 17.0 Å². The molecule has 0 saturated carbocycles. The van der Waals surface area contributed by atoms with Gasteiger partial charge in [0.25, 0.3) is 5.91 Å². The van der Waals surface area contributed by atoms with Crippen LogP contribution in [0.2, 0.25) is 10.0 Å². The van der Waals surface area contributed by atoms with Gasteiger partial charge in [0.1, 0.15) is 0 Å². The maximum Gasteiger partial charge on any atom is 0.337 e. The van der Waals surface area contributed by atoms with Crippen molar-refractivity contribution in [3.8, 4) is 0 Å². The molecule has 2 N–H and O–H groups in total. The average Bonchev–Trinajstić information content (AvgIpc) is 2.39. The Morgan fingerprint density at radius 2 is 1.76 bits per heavy atom. The van der Waals surface area contributed by atoms with Crippen molar-refractivity contribution in [3.05, 3.63) is 62.0 Å². The summed E-state index contributed by atoms with van der Waals surface area (Å²) in [4.78, 5) is 23.3. The molecule has 0 aliphatic heterocycles. The van der Waals surface area contributed by atoms with Gasteiger partial charge < -0.3 is 10.4 Å². The number of halogens is 3. The number of amides is 1. The van der Waals surface area contributed by atoms with Crippen molar-refractivity contribution >= 4 is 56.7 Å². The summed E-state index contributed by atoms with van der Waals surface area (Å²) in [6, 6.07) is 8.91. The molecular weight excluding hydrogens is 381 g/mol. The Bertz CT molecular complexity index is 714. The fraction of sp³-hybridized carbons (Fsp3) is 0. The molecule has 7 heteroatoms. The van der Waals surface area contributed by atoms with Crippen molar-refractivity contribution < 1.29 is 14.7 Å². The molecule has 2 aromatic rings. The van der Waals surface area contributed by atoms with Gasteiger partial charge in [-0.05, 0) is 36.4 Å². The van der Waals surface area contributed by atoms with Gasteiger partial charge in [-0.1, -0.05) is 39.1 Å². The molecule has 0 heterocycles. The highest BCUT2D eigenvalue weighted by Gasteiger charge is 2.15. The molecule has 0 spiro atoms. The van der Waals surface area contributed by atoms with Crippen LogP contribution in [0.4, 0.5) is 5.69 Å².